The fraction of sp³-hybridized carbons (Fsp3) is 0.188. The van der Waals surface area contributed by atoms with Gasteiger partial charge in [0.05, 0.1) is 16.0 Å². The zero-order valence-electron chi connectivity index (χ0n) is 14.0. The lowest BCUT2D eigenvalue weighted by molar-refractivity contribution is -0.384. The van der Waals surface area contributed by atoms with Gasteiger partial charge in [0.2, 0.25) is 10.0 Å². The zero-order chi connectivity index (χ0) is 18.8. The van der Waals surface area contributed by atoms with Gasteiger partial charge in [0.1, 0.15) is 5.69 Å². The Morgan fingerprint density at radius 1 is 1.16 bits per heavy atom. The standard InChI is InChI=1S/C16H18N4O4S/c1-10-6-11(2)14(12(3)7-10)9-18-19-15-5-4-13(25(17,23)24)8-16(15)20(21)22/h4-9,19H,1-3H3,(H2,17,23,24). The summed E-state index contributed by atoms with van der Waals surface area (Å²) >= 11 is 0. The molecule has 0 unspecified atom stereocenters. The molecule has 0 amide bonds. The zero-order valence-corrected chi connectivity index (χ0v) is 14.8. The number of nitrogens with one attached hydrogen (secondary N) is 1. The van der Waals surface area contributed by atoms with E-state index in [4.69, 9.17) is 5.14 Å². The molecule has 0 saturated carbocycles. The van der Waals surface area contributed by atoms with E-state index in [1.165, 1.54) is 12.1 Å². The molecular weight excluding hydrogens is 344 g/mol. The van der Waals surface area contributed by atoms with Gasteiger partial charge in [0.25, 0.3) is 5.69 Å². The topological polar surface area (TPSA) is 128 Å². The van der Waals surface area contributed by atoms with Crippen molar-refractivity contribution in [2.75, 3.05) is 5.43 Å². The van der Waals surface area contributed by atoms with Gasteiger partial charge in [-0.15, -0.1) is 0 Å². The van der Waals surface area contributed by atoms with Crippen molar-refractivity contribution in [3.8, 4) is 0 Å². The minimum atomic E-state index is -4.03. The molecule has 3 N–H and O–H groups in total. The van der Waals surface area contributed by atoms with Crippen LogP contribution >= 0.6 is 0 Å². The van der Waals surface area contributed by atoms with Crippen LogP contribution < -0.4 is 10.6 Å². The molecule has 8 nitrogen and oxygen atoms in total. The SMILES string of the molecule is Cc1cc(C)c(C=NNc2ccc(S(N)(=O)=O)cc2[N+](=O)[O-])c(C)c1. The summed E-state index contributed by atoms with van der Waals surface area (Å²) in [6.07, 6.45) is 1.57. The van der Waals surface area contributed by atoms with Crippen LogP contribution in [0.4, 0.5) is 11.4 Å². The predicted octanol–water partition coefficient (Wildman–Crippen LogP) is 2.61. The first-order chi connectivity index (χ1) is 11.6. The number of hydrogen-bond acceptors (Lipinski definition) is 6. The highest BCUT2D eigenvalue weighted by Crippen LogP contribution is 2.27. The maximum Gasteiger partial charge on any atom is 0.295 e. The molecule has 2 rings (SSSR count). The van der Waals surface area contributed by atoms with E-state index in [9.17, 15) is 18.5 Å². The lowest BCUT2D eigenvalue weighted by atomic mass is 10.0. The molecular formula is C16H18N4O4S. The average Bonchev–Trinajstić information content (AvgIpc) is 2.48. The van der Waals surface area contributed by atoms with Crippen molar-refractivity contribution in [3.63, 3.8) is 0 Å². The first-order valence-corrected chi connectivity index (χ1v) is 8.82. The summed E-state index contributed by atoms with van der Waals surface area (Å²) in [6, 6.07) is 7.36. The molecule has 0 fully saturated rings. The number of nitrogens with two attached hydrogens (primary N) is 1. The molecule has 132 valence electrons. The normalized spacial score (nSPS) is 11.7. The van der Waals surface area contributed by atoms with E-state index < -0.39 is 20.6 Å². The molecule has 2 aromatic carbocycles. The van der Waals surface area contributed by atoms with E-state index >= 15 is 0 Å². The summed E-state index contributed by atoms with van der Waals surface area (Å²) in [5.74, 6) is 0. The van der Waals surface area contributed by atoms with Gasteiger partial charge >= 0.3 is 0 Å². The number of hydrazone groups is 1. The Balaban J connectivity index is 2.34. The van der Waals surface area contributed by atoms with Gasteiger partial charge in [0, 0.05) is 11.6 Å². The highest BCUT2D eigenvalue weighted by Gasteiger charge is 2.18. The molecule has 0 aromatic heterocycles. The second-order valence-corrected chi connectivity index (χ2v) is 7.22. The molecule has 0 aliphatic heterocycles. The molecule has 0 saturated heterocycles. The Labute approximate surface area is 145 Å². The first kappa shape index (κ1) is 18.6. The van der Waals surface area contributed by atoms with Crippen molar-refractivity contribution >= 4 is 27.6 Å². The number of aryl methyl sites for hydroxylation is 3. The highest BCUT2D eigenvalue weighted by atomic mass is 32.2. The summed E-state index contributed by atoms with van der Waals surface area (Å²) in [5, 5.41) is 20.2. The third kappa shape index (κ3) is 4.40. The molecule has 0 heterocycles. The summed E-state index contributed by atoms with van der Waals surface area (Å²) < 4.78 is 22.7. The van der Waals surface area contributed by atoms with E-state index in [1.807, 2.05) is 32.9 Å². The second kappa shape index (κ2) is 6.99. The summed E-state index contributed by atoms with van der Waals surface area (Å²) in [5.41, 5.74) is 6.32. The molecule has 0 aliphatic carbocycles. The lowest BCUT2D eigenvalue weighted by Gasteiger charge is -2.07. The van der Waals surface area contributed by atoms with Gasteiger partial charge in [-0.05, 0) is 44.0 Å². The van der Waals surface area contributed by atoms with Crippen LogP contribution in [-0.2, 0) is 10.0 Å². The highest BCUT2D eigenvalue weighted by molar-refractivity contribution is 7.89. The van der Waals surface area contributed by atoms with Crippen LogP contribution in [0.2, 0.25) is 0 Å². The number of nitro groups is 1. The monoisotopic (exact) mass is 362 g/mol. The van der Waals surface area contributed by atoms with Crippen molar-refractivity contribution in [2.45, 2.75) is 25.7 Å². The van der Waals surface area contributed by atoms with Gasteiger partial charge in [-0.1, -0.05) is 17.7 Å². The van der Waals surface area contributed by atoms with Crippen LogP contribution in [0.5, 0.6) is 0 Å². The van der Waals surface area contributed by atoms with Crippen molar-refractivity contribution in [3.05, 3.63) is 62.7 Å². The molecule has 0 bridgehead atoms. The third-order valence-electron chi connectivity index (χ3n) is 3.61. The second-order valence-electron chi connectivity index (χ2n) is 5.66. The van der Waals surface area contributed by atoms with Crippen LogP contribution in [0.3, 0.4) is 0 Å². The largest absolute Gasteiger partial charge is 0.295 e. The quantitative estimate of drug-likeness (QED) is 0.480. The summed E-state index contributed by atoms with van der Waals surface area (Å²) in [4.78, 5) is 10.1. The Bertz CT molecular complexity index is 945. The van der Waals surface area contributed by atoms with Crippen molar-refractivity contribution < 1.29 is 13.3 Å². The molecule has 0 atom stereocenters. The van der Waals surface area contributed by atoms with Crippen LogP contribution in [-0.4, -0.2) is 19.6 Å². The summed E-state index contributed by atoms with van der Waals surface area (Å²) in [7, 11) is -4.03. The Morgan fingerprint density at radius 2 is 1.76 bits per heavy atom. The van der Waals surface area contributed by atoms with Crippen molar-refractivity contribution in [1.82, 2.24) is 0 Å². The van der Waals surface area contributed by atoms with Crippen molar-refractivity contribution in [1.29, 1.82) is 0 Å². The number of anilines is 1. The molecule has 0 aliphatic rings. The number of primary sulfonamides is 1. The number of nitro benzene ring substituents is 1. The van der Waals surface area contributed by atoms with Gasteiger partial charge in [0.15, 0.2) is 0 Å². The van der Waals surface area contributed by atoms with Gasteiger partial charge in [-0.3, -0.25) is 15.5 Å². The smallest absolute Gasteiger partial charge is 0.272 e. The lowest BCUT2D eigenvalue weighted by Crippen LogP contribution is -2.12. The molecule has 9 heteroatoms. The van der Waals surface area contributed by atoms with Crippen LogP contribution in [0.25, 0.3) is 0 Å². The van der Waals surface area contributed by atoms with Crippen LogP contribution in [0.15, 0.2) is 40.3 Å². The number of hydrogen-bond donors (Lipinski definition) is 2. The fourth-order valence-corrected chi connectivity index (χ4v) is 3.03. The minimum absolute atomic E-state index is 0.0658. The number of benzene rings is 2. The van der Waals surface area contributed by atoms with Gasteiger partial charge < -0.3 is 0 Å². The van der Waals surface area contributed by atoms with E-state index in [2.05, 4.69) is 10.5 Å². The van der Waals surface area contributed by atoms with Crippen LogP contribution in [0, 0.1) is 30.9 Å². The minimum Gasteiger partial charge on any atom is -0.272 e. The molecule has 0 spiro atoms. The maximum atomic E-state index is 11.3. The van der Waals surface area contributed by atoms with E-state index in [-0.39, 0.29) is 10.6 Å². The Morgan fingerprint density at radius 3 is 2.28 bits per heavy atom. The number of rotatable bonds is 5. The van der Waals surface area contributed by atoms with Crippen molar-refractivity contribution in [2.24, 2.45) is 10.2 Å². The third-order valence-corrected chi connectivity index (χ3v) is 4.52. The molecule has 0 radical (unpaired) electrons. The Kier molecular flexibility index (Phi) is 5.19. The molecule has 25 heavy (non-hydrogen) atoms. The van der Waals surface area contributed by atoms with Gasteiger partial charge in [-0.2, -0.15) is 5.10 Å². The summed E-state index contributed by atoms with van der Waals surface area (Å²) in [6.45, 7) is 5.89. The number of nitrogens with zero attached hydrogens (tertiary/aromatic N) is 2. The van der Waals surface area contributed by atoms with E-state index in [0.29, 0.717) is 0 Å². The van der Waals surface area contributed by atoms with Gasteiger partial charge in [-0.25, -0.2) is 13.6 Å². The van der Waals surface area contributed by atoms with E-state index in [0.717, 1.165) is 28.3 Å². The Hall–Kier alpha value is -2.78. The average molecular weight is 362 g/mol. The maximum absolute atomic E-state index is 11.3. The van der Waals surface area contributed by atoms with E-state index in [1.54, 1.807) is 6.21 Å². The number of sulfonamides is 1. The van der Waals surface area contributed by atoms with Crippen LogP contribution in [0.1, 0.15) is 22.3 Å². The molecule has 2 aromatic rings. The predicted molar refractivity (Wildman–Crippen MR) is 96.3 cm³/mol. The first-order valence-electron chi connectivity index (χ1n) is 7.28. The fourth-order valence-electron chi connectivity index (χ4n) is 2.50.